The predicted molar refractivity (Wildman–Crippen MR) is 273 cm³/mol. The van der Waals surface area contributed by atoms with Gasteiger partial charge in [0.2, 0.25) is 17.2 Å². The van der Waals surface area contributed by atoms with E-state index in [1.807, 2.05) is 0 Å². The average Bonchev–Trinajstić information content (AvgIpc) is 4.16. The van der Waals surface area contributed by atoms with Gasteiger partial charge in [-0.1, -0.05) is 6.07 Å². The summed E-state index contributed by atoms with van der Waals surface area (Å²) in [5.74, 6) is -7.63. The summed E-state index contributed by atoms with van der Waals surface area (Å²) < 4.78 is 90.6. The number of amides is 3. The summed E-state index contributed by atoms with van der Waals surface area (Å²) in [7, 11) is 0. The van der Waals surface area contributed by atoms with Crippen LogP contribution < -0.4 is 32.5 Å². The van der Waals surface area contributed by atoms with Crippen LogP contribution in [0, 0.1) is 11.6 Å². The highest BCUT2D eigenvalue weighted by atomic mass is 19.4. The van der Waals surface area contributed by atoms with E-state index in [0.717, 1.165) is 45.5 Å². The molecule has 0 unspecified atom stereocenters. The van der Waals surface area contributed by atoms with Crippen molar-refractivity contribution in [2.24, 2.45) is 0 Å². The fraction of sp³-hybridized carbons (Fsp3) is 0.245. The Balaban J connectivity index is 0.716. The van der Waals surface area contributed by atoms with Gasteiger partial charge in [-0.15, -0.1) is 0 Å². The molecule has 0 fully saturated rings. The van der Waals surface area contributed by atoms with Crippen LogP contribution in [-0.4, -0.2) is 108 Å². The Labute approximate surface area is 450 Å². The summed E-state index contributed by atoms with van der Waals surface area (Å²) in [4.78, 5) is 117. The molecule has 6 aromatic rings. The number of halogens is 5. The number of phenols is 1. The minimum atomic E-state index is -4.92. The quantitative estimate of drug-likeness (QED) is 0.0196. The second kappa shape index (κ2) is 24.4. The Kier molecular flexibility index (Phi) is 17.2. The van der Waals surface area contributed by atoms with Gasteiger partial charge in [0.25, 0.3) is 5.91 Å². The van der Waals surface area contributed by atoms with E-state index in [4.69, 9.17) is 13.9 Å². The third-order valence-corrected chi connectivity index (χ3v) is 12.4. The molecule has 23 nitrogen and oxygen atoms in total. The second-order valence-corrected chi connectivity index (χ2v) is 18.0. The minimum Gasteiger partial charge on any atom is -0.505 e. The summed E-state index contributed by atoms with van der Waals surface area (Å²) >= 11 is 0. The summed E-state index contributed by atoms with van der Waals surface area (Å²) in [6, 6.07) is 10.0. The number of alkyl halides is 3. The van der Waals surface area contributed by atoms with Gasteiger partial charge in [-0.3, -0.25) is 38.1 Å². The Morgan fingerprint density at radius 1 is 0.802 bits per heavy atom. The number of ether oxygens (including phenoxy) is 2. The number of carbonyl (C=O) groups is 6. The zero-order chi connectivity index (χ0) is 58.3. The van der Waals surface area contributed by atoms with Crippen molar-refractivity contribution in [1.82, 2.24) is 39.6 Å². The zero-order valence-electron chi connectivity index (χ0n) is 42.0. The smallest absolute Gasteiger partial charge is 0.419 e. The van der Waals surface area contributed by atoms with Crippen LogP contribution in [0.2, 0.25) is 0 Å². The Bertz CT molecular complexity index is 3940. The lowest BCUT2D eigenvalue weighted by Gasteiger charge is -2.17. The maximum absolute atomic E-state index is 14.6. The van der Waals surface area contributed by atoms with Gasteiger partial charge in [0.1, 0.15) is 30.8 Å². The highest BCUT2D eigenvalue weighted by Crippen LogP contribution is 2.43. The number of unbranched alkanes of at least 4 members (excludes halogenated alkanes) is 1. The lowest BCUT2D eigenvalue weighted by Crippen LogP contribution is -2.38. The molecule has 3 aromatic carbocycles. The van der Waals surface area contributed by atoms with Crippen LogP contribution in [0.15, 0.2) is 104 Å². The molecule has 0 atom stereocenters. The molecule has 7 N–H and O–H groups in total. The number of nitrogens with one attached hydrogen (secondary N) is 4. The van der Waals surface area contributed by atoms with Gasteiger partial charge in [0.05, 0.1) is 46.8 Å². The van der Waals surface area contributed by atoms with Gasteiger partial charge < -0.3 is 54.7 Å². The molecule has 3 aromatic heterocycles. The number of aliphatic carboxylic acids is 1. The van der Waals surface area contributed by atoms with E-state index in [0.29, 0.717) is 34.7 Å². The topological polar surface area (TPSA) is 325 Å². The Hall–Kier alpha value is -9.99. The number of phenolic OH excluding ortho intramolecular Hbond substituents is 1. The van der Waals surface area contributed by atoms with Gasteiger partial charge in [0, 0.05) is 91.7 Å². The van der Waals surface area contributed by atoms with Gasteiger partial charge in [0.15, 0.2) is 17.4 Å². The zero-order valence-corrected chi connectivity index (χ0v) is 42.0. The SMILES string of the molecule is O=C(O)Cn1c(=O)c(=O)[nH]c2cc(C(F)(F)F)c(-n3ccc(CNC(=O)CCCCC(=O)NCCc4cn(C(=O)OCCOCCNC(=O)c5ccc(-c6c7cc(F)c(=O)cc-7oc7cc(O)c(F)cc67)c(C(=O)O)c5)cn4)c3)cc21. The van der Waals surface area contributed by atoms with Crippen molar-refractivity contribution in [1.29, 1.82) is 0 Å². The molecule has 8 rings (SSSR count). The van der Waals surface area contributed by atoms with E-state index in [1.54, 1.807) is 0 Å². The van der Waals surface area contributed by atoms with Crippen molar-refractivity contribution in [2.75, 3.05) is 32.9 Å². The van der Waals surface area contributed by atoms with Crippen molar-refractivity contribution in [3.8, 4) is 33.9 Å². The second-order valence-electron chi connectivity index (χ2n) is 18.0. The number of imidazole rings is 1. The molecule has 81 heavy (non-hydrogen) atoms. The summed E-state index contributed by atoms with van der Waals surface area (Å²) in [5, 5.41) is 37.3. The van der Waals surface area contributed by atoms with Crippen molar-refractivity contribution < 1.29 is 79.9 Å². The molecule has 0 saturated carbocycles. The molecule has 0 saturated heterocycles. The number of aromatic hydroxyl groups is 1. The van der Waals surface area contributed by atoms with Crippen LogP contribution >= 0.6 is 0 Å². The van der Waals surface area contributed by atoms with Crippen LogP contribution in [0.3, 0.4) is 0 Å². The van der Waals surface area contributed by atoms with E-state index < -0.39 is 98.8 Å². The number of aromatic nitrogens is 5. The molecule has 0 radical (unpaired) electrons. The first-order valence-electron chi connectivity index (χ1n) is 24.4. The van der Waals surface area contributed by atoms with E-state index in [1.165, 1.54) is 43.1 Å². The lowest BCUT2D eigenvalue weighted by atomic mass is 9.89. The number of carbonyl (C=O) groups excluding carboxylic acids is 4. The molecule has 4 heterocycles. The fourth-order valence-electron chi connectivity index (χ4n) is 8.58. The first kappa shape index (κ1) is 57.2. The number of aromatic amines is 1. The summed E-state index contributed by atoms with van der Waals surface area (Å²) in [5.41, 5.74) is -5.88. The largest absolute Gasteiger partial charge is 0.505 e. The van der Waals surface area contributed by atoms with E-state index in [-0.39, 0.29) is 109 Å². The highest BCUT2D eigenvalue weighted by molar-refractivity contribution is 6.09. The van der Waals surface area contributed by atoms with Crippen LogP contribution in [0.5, 0.6) is 5.75 Å². The number of fused-ring (bicyclic) bond motifs is 3. The Morgan fingerprint density at radius 3 is 2.28 bits per heavy atom. The van der Waals surface area contributed by atoms with Crippen LogP contribution in [0.4, 0.5) is 26.7 Å². The average molecular weight is 1130 g/mol. The summed E-state index contributed by atoms with van der Waals surface area (Å²) in [6.07, 6.45) is 0.585. The number of benzene rings is 4. The number of nitrogens with zero attached hydrogens (tertiary/aromatic N) is 4. The number of hydrogen-bond donors (Lipinski definition) is 7. The van der Waals surface area contributed by atoms with Crippen molar-refractivity contribution in [2.45, 2.75) is 51.4 Å². The van der Waals surface area contributed by atoms with Gasteiger partial charge in [-0.25, -0.2) is 27.9 Å². The Morgan fingerprint density at radius 2 is 1.56 bits per heavy atom. The highest BCUT2D eigenvalue weighted by Gasteiger charge is 2.35. The van der Waals surface area contributed by atoms with E-state index in [2.05, 4.69) is 25.9 Å². The molecular formula is C53H45F5N8O15. The van der Waals surface area contributed by atoms with E-state index >= 15 is 0 Å². The molecule has 28 heteroatoms. The number of H-pyrrole nitrogens is 1. The molecule has 3 amide bonds. The number of carboxylic acid groups (broad SMARTS) is 2. The molecule has 1 aliphatic heterocycles. The predicted octanol–water partition coefficient (Wildman–Crippen LogP) is 5.31. The van der Waals surface area contributed by atoms with Gasteiger partial charge in [-0.05, 0) is 66.4 Å². The van der Waals surface area contributed by atoms with Crippen molar-refractivity contribution >= 4 is 57.8 Å². The molecule has 422 valence electrons. The molecule has 0 bridgehead atoms. The maximum atomic E-state index is 14.6. The molecule has 1 aliphatic carbocycles. The maximum Gasteiger partial charge on any atom is 0.419 e. The van der Waals surface area contributed by atoms with Crippen LogP contribution in [0.25, 0.3) is 50.1 Å². The van der Waals surface area contributed by atoms with Gasteiger partial charge in [-0.2, -0.15) is 13.2 Å². The van der Waals surface area contributed by atoms with Crippen LogP contribution in [-0.2, 0) is 49.5 Å². The normalized spacial score (nSPS) is 11.5. The molecule has 2 aliphatic rings. The monoisotopic (exact) mass is 1130 g/mol. The third-order valence-electron chi connectivity index (χ3n) is 12.4. The summed E-state index contributed by atoms with van der Waals surface area (Å²) in [6.45, 7) is -1.23. The fourth-order valence-corrected chi connectivity index (χ4v) is 8.58. The number of hydrogen-bond acceptors (Lipinski definition) is 14. The van der Waals surface area contributed by atoms with Crippen molar-refractivity contribution in [3.05, 3.63) is 156 Å². The molecule has 0 spiro atoms. The standard InChI is InChI=1S/C53H45F5N8O15/c54-35-16-32-42(20-40(35)67)81-43-21-41(68)36(55)17-33(43)47(32)30-6-5-28(15-31(30)51(76)77)48(73)60-10-12-79-13-14-80-52(78)65-24-29(62-26-65)7-9-59-44(69)3-1-2-4-45(70)61-22-27-8-11-64(23-27)38-19-39-37(18-34(38)53(56,57)58)63-49(74)50(75)66(39)25-46(71)72/h5-6,8,11,15-21,23-24,26,67H,1-4,7,9-10,12-14,22,25H2,(H,59,69)(H,60,73)(H,61,70)(H,63,74)(H,71,72)(H,76,77). The first-order chi connectivity index (χ1) is 38.6. The number of aromatic carboxylic acids is 1. The van der Waals surface area contributed by atoms with Crippen LogP contribution in [0.1, 0.15) is 63.2 Å². The van der Waals surface area contributed by atoms with Crippen molar-refractivity contribution in [3.63, 3.8) is 0 Å². The first-order valence-corrected chi connectivity index (χ1v) is 24.4. The number of rotatable bonds is 22. The number of carboxylic acids is 2. The third kappa shape index (κ3) is 13.5. The minimum absolute atomic E-state index is 0.0359. The van der Waals surface area contributed by atoms with Gasteiger partial charge >= 0.3 is 35.3 Å². The lowest BCUT2D eigenvalue weighted by molar-refractivity contribution is -0.138. The molecular weight excluding hydrogens is 1080 g/mol. The van der Waals surface area contributed by atoms with E-state index in [9.17, 15) is 80.4 Å².